The van der Waals surface area contributed by atoms with Crippen molar-refractivity contribution in [1.29, 1.82) is 0 Å². The highest BCUT2D eigenvalue weighted by Gasteiger charge is 2.49. The minimum Gasteiger partial charge on any atom is -0.481 e. The number of carbonyl (C=O) groups excluding carboxylic acids is 1. The van der Waals surface area contributed by atoms with Crippen molar-refractivity contribution in [3.8, 4) is 11.8 Å². The lowest BCUT2D eigenvalue weighted by Gasteiger charge is -2.32. The molecule has 0 radical (unpaired) electrons. The van der Waals surface area contributed by atoms with Crippen LogP contribution in [0.2, 0.25) is 0 Å². The number of carboxylic acid groups (broad SMARTS) is 1. The monoisotopic (exact) mass is 587 g/mol. The molecule has 0 bridgehead atoms. The Labute approximate surface area is 251 Å². The smallest absolute Gasteiger partial charge is 0.306 e. The molecule has 5 N–H and O–H groups in total. The van der Waals surface area contributed by atoms with Gasteiger partial charge in [-0.25, -0.2) is 0 Å². The van der Waals surface area contributed by atoms with Crippen molar-refractivity contribution in [3.63, 3.8) is 0 Å². The van der Waals surface area contributed by atoms with E-state index in [1.807, 2.05) is 0 Å². The van der Waals surface area contributed by atoms with Crippen LogP contribution >= 0.6 is 0 Å². The molecule has 0 aromatic heterocycles. The van der Waals surface area contributed by atoms with E-state index in [-0.39, 0.29) is 18.4 Å². The number of nitrogens with one attached hydrogen (secondary N) is 2. The first-order valence-corrected chi connectivity index (χ1v) is 16.8. The summed E-state index contributed by atoms with van der Waals surface area (Å²) in [5.74, 6) is 7.86. The lowest BCUT2D eigenvalue weighted by Crippen LogP contribution is -2.49. The summed E-state index contributed by atoms with van der Waals surface area (Å²) < 4.78 is 0. The standard InChI is InChI=1S/C33H53N3O6/c1-21(38)31-28(20-37)30(32(39)34-17-16-26-18-35-29-5-3-2-4-27(26)29)36(42-31)19-24-10-8-22(9-11-24)6-7-23-12-14-25(15-13-23)33(40)41/h21-31,35,37-38H,2-5,8-20H2,1H3,(H,34,39)(H,40,41)/t21-,22?,23?,24?,25?,26?,27?,28-,29?,30-,31-/m1/s1. The average Bonchev–Trinajstić information content (AvgIpc) is 3.58. The Morgan fingerprint density at radius 3 is 2.31 bits per heavy atom. The molecule has 2 saturated heterocycles. The zero-order valence-corrected chi connectivity index (χ0v) is 25.4. The highest BCUT2D eigenvalue weighted by Crippen LogP contribution is 2.37. The van der Waals surface area contributed by atoms with Gasteiger partial charge in [0.1, 0.15) is 12.1 Å². The van der Waals surface area contributed by atoms with E-state index in [4.69, 9.17) is 4.84 Å². The highest BCUT2D eigenvalue weighted by atomic mass is 16.7. The van der Waals surface area contributed by atoms with Crippen LogP contribution in [-0.2, 0) is 14.4 Å². The van der Waals surface area contributed by atoms with Crippen molar-refractivity contribution in [2.45, 2.75) is 115 Å². The Morgan fingerprint density at radius 2 is 1.67 bits per heavy atom. The van der Waals surface area contributed by atoms with Gasteiger partial charge in [0, 0.05) is 36.9 Å². The van der Waals surface area contributed by atoms with Crippen molar-refractivity contribution in [2.24, 2.45) is 41.4 Å². The van der Waals surface area contributed by atoms with Crippen molar-refractivity contribution in [2.75, 3.05) is 26.2 Å². The van der Waals surface area contributed by atoms with Gasteiger partial charge >= 0.3 is 5.97 Å². The Hall–Kier alpha value is -1.70. The predicted molar refractivity (Wildman–Crippen MR) is 159 cm³/mol. The van der Waals surface area contributed by atoms with Crippen LogP contribution in [0.25, 0.3) is 0 Å². The summed E-state index contributed by atoms with van der Waals surface area (Å²) in [7, 11) is 0. The van der Waals surface area contributed by atoms with Gasteiger partial charge in [-0.2, -0.15) is 5.06 Å². The van der Waals surface area contributed by atoms with E-state index in [9.17, 15) is 24.9 Å². The molecule has 0 spiro atoms. The second kappa shape index (κ2) is 14.9. The molecule has 42 heavy (non-hydrogen) atoms. The van der Waals surface area contributed by atoms with E-state index in [2.05, 4.69) is 22.5 Å². The number of carbonyl (C=O) groups is 2. The van der Waals surface area contributed by atoms with Gasteiger partial charge in [0.25, 0.3) is 0 Å². The Kier molecular flexibility index (Phi) is 11.2. The van der Waals surface area contributed by atoms with Crippen LogP contribution in [0.4, 0.5) is 0 Å². The third-order valence-electron chi connectivity index (χ3n) is 11.1. The van der Waals surface area contributed by atoms with Crippen molar-refractivity contribution in [1.82, 2.24) is 15.7 Å². The summed E-state index contributed by atoms with van der Waals surface area (Å²) in [6.45, 7) is 3.71. The third kappa shape index (κ3) is 7.68. The van der Waals surface area contributed by atoms with Gasteiger partial charge in [-0.15, -0.1) is 0 Å². The maximum atomic E-state index is 13.5. The van der Waals surface area contributed by atoms with Crippen LogP contribution in [0.5, 0.6) is 0 Å². The van der Waals surface area contributed by atoms with Crippen LogP contribution in [0, 0.1) is 53.3 Å². The minimum atomic E-state index is -0.785. The van der Waals surface area contributed by atoms with Crippen LogP contribution < -0.4 is 10.6 Å². The number of rotatable bonds is 9. The normalized spacial score (nSPS) is 39.6. The molecule has 0 aromatic carbocycles. The summed E-state index contributed by atoms with van der Waals surface area (Å²) in [6.07, 6.45) is 12.0. The zero-order chi connectivity index (χ0) is 29.6. The third-order valence-corrected chi connectivity index (χ3v) is 11.1. The first-order valence-electron chi connectivity index (χ1n) is 16.8. The van der Waals surface area contributed by atoms with Crippen molar-refractivity contribution >= 4 is 11.9 Å². The first kappa shape index (κ1) is 31.7. The zero-order valence-electron chi connectivity index (χ0n) is 25.4. The number of aliphatic carboxylic acids is 1. The molecule has 3 saturated carbocycles. The number of nitrogens with zero attached hydrogens (tertiary/aromatic N) is 1. The second-order valence-corrected chi connectivity index (χ2v) is 13.9. The van der Waals surface area contributed by atoms with Gasteiger partial charge in [-0.3, -0.25) is 14.4 Å². The van der Waals surface area contributed by atoms with E-state index < -0.39 is 30.1 Å². The molecule has 5 aliphatic rings. The maximum absolute atomic E-state index is 13.5. The molecule has 1 amide bonds. The number of aliphatic hydroxyl groups excluding tert-OH is 2. The molecule has 2 heterocycles. The molecule has 5 rings (SSSR count). The first-order chi connectivity index (χ1) is 20.3. The molecule has 0 aromatic rings. The van der Waals surface area contributed by atoms with Gasteiger partial charge in [-0.1, -0.05) is 24.7 Å². The molecular weight excluding hydrogens is 534 g/mol. The fraction of sp³-hybridized carbons (Fsp3) is 0.879. The lowest BCUT2D eigenvalue weighted by molar-refractivity contribution is -0.193. The van der Waals surface area contributed by atoms with Crippen molar-refractivity contribution in [3.05, 3.63) is 0 Å². The molecule has 5 fully saturated rings. The Morgan fingerprint density at radius 1 is 1.00 bits per heavy atom. The van der Waals surface area contributed by atoms with Gasteiger partial charge in [0.15, 0.2) is 0 Å². The average molecular weight is 588 g/mol. The van der Waals surface area contributed by atoms with Gasteiger partial charge < -0.3 is 26.0 Å². The quantitative estimate of drug-likeness (QED) is 0.260. The molecule has 9 nitrogen and oxygen atoms in total. The second-order valence-electron chi connectivity index (χ2n) is 13.9. The van der Waals surface area contributed by atoms with Crippen LogP contribution in [0.3, 0.4) is 0 Å². The molecule has 7 atom stereocenters. The number of hydrogen-bond donors (Lipinski definition) is 5. The van der Waals surface area contributed by atoms with Gasteiger partial charge in [0.05, 0.1) is 18.6 Å². The van der Waals surface area contributed by atoms with Crippen molar-refractivity contribution < 1.29 is 29.7 Å². The molecule has 3 unspecified atom stereocenters. The largest absolute Gasteiger partial charge is 0.481 e. The molecule has 3 aliphatic carbocycles. The van der Waals surface area contributed by atoms with Crippen LogP contribution in [-0.4, -0.2) is 82.8 Å². The van der Waals surface area contributed by atoms with Gasteiger partial charge in [0.2, 0.25) is 5.91 Å². The van der Waals surface area contributed by atoms with Crippen LogP contribution in [0.1, 0.15) is 90.4 Å². The van der Waals surface area contributed by atoms with Gasteiger partial charge in [-0.05, 0) is 102 Å². The number of amides is 1. The summed E-state index contributed by atoms with van der Waals surface area (Å²) in [6, 6.07) is 0.0285. The lowest BCUT2D eigenvalue weighted by atomic mass is 9.79. The van der Waals surface area contributed by atoms with E-state index in [1.165, 1.54) is 25.7 Å². The number of hydrogen-bond acceptors (Lipinski definition) is 7. The number of hydroxylamine groups is 2. The summed E-state index contributed by atoms with van der Waals surface area (Å²) in [5.41, 5.74) is 0. The summed E-state index contributed by atoms with van der Waals surface area (Å²) >= 11 is 0. The van der Waals surface area contributed by atoms with E-state index >= 15 is 0 Å². The Balaban J connectivity index is 1.11. The molecule has 9 heteroatoms. The minimum absolute atomic E-state index is 0.111. The SMILES string of the molecule is C[C@@H](O)[C@H]1ON(CC2CCC(C#CC3CCC(C(=O)O)CC3)CC2)[C@@H](C(=O)NCCC2CNC3CCCCC23)[C@H]1CO. The number of aliphatic hydroxyl groups is 2. The molecule has 2 aliphatic heterocycles. The van der Waals surface area contributed by atoms with E-state index in [0.717, 1.165) is 70.3 Å². The highest BCUT2D eigenvalue weighted by molar-refractivity contribution is 5.82. The molecule has 236 valence electrons. The molecular formula is C33H53N3O6. The summed E-state index contributed by atoms with van der Waals surface area (Å²) in [4.78, 5) is 30.9. The Bertz CT molecular complexity index is 965. The van der Waals surface area contributed by atoms with E-state index in [0.29, 0.717) is 42.8 Å². The number of fused-ring (bicyclic) bond motifs is 1. The topological polar surface area (TPSA) is 131 Å². The fourth-order valence-corrected chi connectivity index (χ4v) is 8.52. The maximum Gasteiger partial charge on any atom is 0.306 e. The van der Waals surface area contributed by atoms with E-state index in [1.54, 1.807) is 12.0 Å². The number of carboxylic acids is 1. The predicted octanol–water partition coefficient (Wildman–Crippen LogP) is 2.95. The fourth-order valence-electron chi connectivity index (χ4n) is 8.52. The van der Waals surface area contributed by atoms with Crippen LogP contribution in [0.15, 0.2) is 0 Å². The summed E-state index contributed by atoms with van der Waals surface area (Å²) in [5, 5.41) is 38.5.